The van der Waals surface area contributed by atoms with Crippen LogP contribution in [-0.4, -0.2) is 44.2 Å². The molecule has 1 aliphatic heterocycles. The lowest BCUT2D eigenvalue weighted by atomic mass is 10.2. The number of urea groups is 1. The number of thiophene rings is 1. The van der Waals surface area contributed by atoms with Crippen molar-refractivity contribution in [1.29, 1.82) is 0 Å². The van der Waals surface area contributed by atoms with Gasteiger partial charge >= 0.3 is 6.03 Å². The standard InChI is InChI=1S/C19H24ClN3O2S/c1-14(17-8-9-18(20)26-17)21-19(24)23-11-3-10-22(12-13-23)15-4-6-16(25-2)7-5-15/h4-9,14H,3,10-13H2,1-2H3,(H,21,24). The summed E-state index contributed by atoms with van der Waals surface area (Å²) in [5, 5.41) is 3.08. The zero-order valence-corrected chi connectivity index (χ0v) is 16.6. The van der Waals surface area contributed by atoms with Gasteiger partial charge in [-0.05, 0) is 49.7 Å². The van der Waals surface area contributed by atoms with Gasteiger partial charge in [-0.15, -0.1) is 11.3 Å². The molecule has 140 valence electrons. The van der Waals surface area contributed by atoms with Crippen LogP contribution in [-0.2, 0) is 0 Å². The van der Waals surface area contributed by atoms with E-state index in [0.717, 1.165) is 46.7 Å². The van der Waals surface area contributed by atoms with Gasteiger partial charge in [0.25, 0.3) is 0 Å². The van der Waals surface area contributed by atoms with Gasteiger partial charge in [0.2, 0.25) is 0 Å². The summed E-state index contributed by atoms with van der Waals surface area (Å²) in [6.45, 7) is 5.21. The quantitative estimate of drug-likeness (QED) is 0.837. The molecule has 1 saturated heterocycles. The average molecular weight is 394 g/mol. The first-order chi connectivity index (χ1) is 12.6. The van der Waals surface area contributed by atoms with Gasteiger partial charge in [-0.2, -0.15) is 0 Å². The van der Waals surface area contributed by atoms with Crippen molar-refractivity contribution in [2.75, 3.05) is 38.2 Å². The molecule has 0 spiro atoms. The van der Waals surface area contributed by atoms with E-state index in [2.05, 4.69) is 22.3 Å². The van der Waals surface area contributed by atoms with Crippen molar-refractivity contribution in [3.05, 3.63) is 45.6 Å². The number of halogens is 1. The van der Waals surface area contributed by atoms with Crippen LogP contribution >= 0.6 is 22.9 Å². The van der Waals surface area contributed by atoms with Crippen LogP contribution in [0.1, 0.15) is 24.3 Å². The van der Waals surface area contributed by atoms with Crippen LogP contribution < -0.4 is 15.0 Å². The van der Waals surface area contributed by atoms with Gasteiger partial charge in [0.15, 0.2) is 0 Å². The number of hydrogen-bond donors (Lipinski definition) is 1. The third-order valence-corrected chi connectivity index (χ3v) is 6.00. The fourth-order valence-electron chi connectivity index (χ4n) is 3.08. The van der Waals surface area contributed by atoms with Gasteiger partial charge in [-0.3, -0.25) is 0 Å². The molecule has 1 aromatic heterocycles. The molecule has 0 saturated carbocycles. The molecule has 0 aliphatic carbocycles. The number of nitrogens with zero attached hydrogens (tertiary/aromatic N) is 2. The molecule has 1 aliphatic rings. The van der Waals surface area contributed by atoms with Crippen LogP contribution in [0.2, 0.25) is 4.34 Å². The number of carbonyl (C=O) groups is 1. The van der Waals surface area contributed by atoms with Crippen molar-refractivity contribution in [3.8, 4) is 5.75 Å². The number of rotatable bonds is 4. The first kappa shape index (κ1) is 18.9. The van der Waals surface area contributed by atoms with Crippen LogP contribution in [0.4, 0.5) is 10.5 Å². The summed E-state index contributed by atoms with van der Waals surface area (Å²) in [6.07, 6.45) is 0.943. The summed E-state index contributed by atoms with van der Waals surface area (Å²) in [5.74, 6) is 0.854. The number of benzene rings is 1. The van der Waals surface area contributed by atoms with Crippen LogP contribution in [0.15, 0.2) is 36.4 Å². The Labute approximate surface area is 163 Å². The monoisotopic (exact) mass is 393 g/mol. The molecule has 1 aromatic carbocycles. The first-order valence-electron chi connectivity index (χ1n) is 8.76. The van der Waals surface area contributed by atoms with E-state index in [4.69, 9.17) is 16.3 Å². The second-order valence-corrected chi connectivity index (χ2v) is 8.09. The highest BCUT2D eigenvalue weighted by molar-refractivity contribution is 7.16. The largest absolute Gasteiger partial charge is 0.497 e. The minimum absolute atomic E-state index is 0.0152. The molecular formula is C19H24ClN3O2S. The third kappa shape index (κ3) is 4.62. The molecule has 26 heavy (non-hydrogen) atoms. The average Bonchev–Trinajstić information content (AvgIpc) is 2.94. The van der Waals surface area contributed by atoms with Gasteiger partial charge < -0.3 is 19.9 Å². The van der Waals surface area contributed by atoms with Crippen molar-refractivity contribution in [2.45, 2.75) is 19.4 Å². The molecule has 2 aromatic rings. The smallest absolute Gasteiger partial charge is 0.317 e. The van der Waals surface area contributed by atoms with Crippen molar-refractivity contribution in [2.24, 2.45) is 0 Å². The molecule has 2 amide bonds. The zero-order valence-electron chi connectivity index (χ0n) is 15.1. The number of nitrogens with one attached hydrogen (secondary N) is 1. The maximum Gasteiger partial charge on any atom is 0.317 e. The summed E-state index contributed by atoms with van der Waals surface area (Å²) >= 11 is 7.49. The molecule has 1 atom stereocenters. The summed E-state index contributed by atoms with van der Waals surface area (Å²) in [6, 6.07) is 11.8. The van der Waals surface area contributed by atoms with Gasteiger partial charge in [-0.1, -0.05) is 11.6 Å². The predicted molar refractivity (Wildman–Crippen MR) is 108 cm³/mol. The normalized spacial score (nSPS) is 16.1. The lowest BCUT2D eigenvalue weighted by Crippen LogP contribution is -2.42. The molecule has 2 heterocycles. The van der Waals surface area contributed by atoms with Gasteiger partial charge in [0.05, 0.1) is 17.5 Å². The second-order valence-electron chi connectivity index (χ2n) is 6.34. The Hall–Kier alpha value is -1.92. The highest BCUT2D eigenvalue weighted by Gasteiger charge is 2.21. The highest BCUT2D eigenvalue weighted by Crippen LogP contribution is 2.27. The van der Waals surface area contributed by atoms with E-state index >= 15 is 0 Å². The molecular weight excluding hydrogens is 370 g/mol. The van der Waals surface area contributed by atoms with Gasteiger partial charge in [0, 0.05) is 36.7 Å². The fraction of sp³-hybridized carbons (Fsp3) is 0.421. The van der Waals surface area contributed by atoms with E-state index in [1.807, 2.05) is 36.1 Å². The summed E-state index contributed by atoms with van der Waals surface area (Å²) in [4.78, 5) is 17.9. The lowest BCUT2D eigenvalue weighted by molar-refractivity contribution is 0.198. The number of amides is 2. The molecule has 1 unspecified atom stereocenters. The fourth-order valence-corrected chi connectivity index (χ4v) is 4.14. The minimum atomic E-state index is -0.0408. The molecule has 3 rings (SSSR count). The number of carbonyl (C=O) groups excluding carboxylic acids is 1. The van der Waals surface area contributed by atoms with E-state index in [0.29, 0.717) is 6.54 Å². The lowest BCUT2D eigenvalue weighted by Gasteiger charge is -2.25. The SMILES string of the molecule is COc1ccc(N2CCCN(C(=O)NC(C)c3ccc(Cl)s3)CC2)cc1. The van der Waals surface area contributed by atoms with E-state index in [1.54, 1.807) is 7.11 Å². The van der Waals surface area contributed by atoms with Crippen LogP contribution in [0.5, 0.6) is 5.75 Å². The summed E-state index contributed by atoms with van der Waals surface area (Å²) in [5.41, 5.74) is 1.16. The van der Waals surface area contributed by atoms with Crippen LogP contribution in [0.3, 0.4) is 0 Å². The highest BCUT2D eigenvalue weighted by atomic mass is 35.5. The van der Waals surface area contributed by atoms with E-state index in [9.17, 15) is 4.79 Å². The van der Waals surface area contributed by atoms with Crippen molar-refractivity contribution >= 4 is 34.7 Å². The Morgan fingerprint density at radius 3 is 2.58 bits per heavy atom. The van der Waals surface area contributed by atoms with E-state index in [1.165, 1.54) is 11.3 Å². The Balaban J connectivity index is 1.56. The maximum atomic E-state index is 12.6. The second kappa shape index (κ2) is 8.64. The summed E-state index contributed by atoms with van der Waals surface area (Å²) < 4.78 is 5.96. The topological polar surface area (TPSA) is 44.8 Å². The number of ether oxygens (including phenoxy) is 1. The van der Waals surface area contributed by atoms with Crippen molar-refractivity contribution in [1.82, 2.24) is 10.2 Å². The molecule has 1 fully saturated rings. The van der Waals surface area contributed by atoms with Crippen LogP contribution in [0.25, 0.3) is 0 Å². The molecule has 5 nitrogen and oxygen atoms in total. The van der Waals surface area contributed by atoms with E-state index < -0.39 is 0 Å². The van der Waals surface area contributed by atoms with Crippen molar-refractivity contribution < 1.29 is 9.53 Å². The minimum Gasteiger partial charge on any atom is -0.497 e. The maximum absolute atomic E-state index is 12.6. The van der Waals surface area contributed by atoms with Crippen molar-refractivity contribution in [3.63, 3.8) is 0 Å². The number of methoxy groups -OCH3 is 1. The number of hydrogen-bond acceptors (Lipinski definition) is 4. The number of anilines is 1. The Morgan fingerprint density at radius 2 is 1.92 bits per heavy atom. The predicted octanol–water partition coefficient (Wildman–Crippen LogP) is 4.39. The zero-order chi connectivity index (χ0) is 18.5. The van der Waals surface area contributed by atoms with Gasteiger partial charge in [0.1, 0.15) is 5.75 Å². The van der Waals surface area contributed by atoms with Gasteiger partial charge in [-0.25, -0.2) is 4.79 Å². The first-order valence-corrected chi connectivity index (χ1v) is 9.96. The molecule has 0 radical (unpaired) electrons. The summed E-state index contributed by atoms with van der Waals surface area (Å²) in [7, 11) is 1.67. The van der Waals surface area contributed by atoms with E-state index in [-0.39, 0.29) is 12.1 Å². The Kier molecular flexibility index (Phi) is 6.27. The molecule has 0 bridgehead atoms. The molecule has 1 N–H and O–H groups in total. The third-order valence-electron chi connectivity index (χ3n) is 4.58. The Morgan fingerprint density at radius 1 is 1.15 bits per heavy atom. The van der Waals surface area contributed by atoms with Crippen LogP contribution in [0, 0.1) is 0 Å². The molecule has 7 heteroatoms. The Bertz CT molecular complexity index is 735.